The third-order valence-electron chi connectivity index (χ3n) is 7.41. The van der Waals surface area contributed by atoms with E-state index in [2.05, 4.69) is 36.6 Å². The van der Waals surface area contributed by atoms with Crippen LogP contribution in [0.3, 0.4) is 0 Å². The lowest BCUT2D eigenvalue weighted by molar-refractivity contribution is -0.525. The predicted octanol–water partition coefficient (Wildman–Crippen LogP) is -2.28. The monoisotopic (exact) mass is 763 g/mol. The highest BCUT2D eigenvalue weighted by Gasteiger charge is 2.30. The van der Waals surface area contributed by atoms with E-state index in [4.69, 9.17) is 27.7 Å². The summed E-state index contributed by atoms with van der Waals surface area (Å²) in [6.07, 6.45) is -0.315. The molecule has 0 aliphatic rings. The second-order valence-corrected chi connectivity index (χ2v) is 12.6. The molecule has 300 valence electrons. The van der Waals surface area contributed by atoms with E-state index in [0.29, 0.717) is 0 Å². The van der Waals surface area contributed by atoms with Crippen LogP contribution in [-0.2, 0) is 35.3 Å². The first-order valence-electron chi connectivity index (χ1n) is 17.1. The average Bonchev–Trinajstić information content (AvgIpc) is 3.08. The Labute approximate surface area is 312 Å². The van der Waals surface area contributed by atoms with Crippen molar-refractivity contribution in [2.45, 2.75) is 96.6 Å². The molecule has 0 aliphatic heterocycles. The smallest absolute Gasteiger partial charge is 0.408 e. The predicted molar refractivity (Wildman–Crippen MR) is 197 cm³/mol. The quantitative estimate of drug-likeness (QED) is 0.0185. The first-order valence-corrected chi connectivity index (χ1v) is 17.1. The van der Waals surface area contributed by atoms with Crippen molar-refractivity contribution in [3.8, 4) is 0 Å². The Hall–Kier alpha value is -6.22. The van der Waals surface area contributed by atoms with Crippen molar-refractivity contribution >= 4 is 47.5 Å². The summed E-state index contributed by atoms with van der Waals surface area (Å²) in [6, 6.07) is 2.93. The van der Waals surface area contributed by atoms with E-state index in [1.165, 1.54) is 13.8 Å². The molecule has 0 bridgehead atoms. The molecular weight excluding hydrogens is 710 g/mol. The number of carbonyl (C=O) groups excluding carboxylic acids is 6. The summed E-state index contributed by atoms with van der Waals surface area (Å²) in [4.78, 5) is 95.6. The largest absolute Gasteiger partial charge is 0.445 e. The van der Waals surface area contributed by atoms with Crippen LogP contribution in [0, 0.1) is 16.0 Å². The Morgan fingerprint density at radius 1 is 0.722 bits per heavy atom. The fourth-order valence-corrected chi connectivity index (χ4v) is 4.63. The molecular formula is C32H53N13O9. The van der Waals surface area contributed by atoms with Crippen molar-refractivity contribution in [2.75, 3.05) is 13.1 Å². The summed E-state index contributed by atoms with van der Waals surface area (Å²) in [6.45, 7) is 6.38. The number of ether oxygens (including phenoxy) is 1. The van der Waals surface area contributed by atoms with Gasteiger partial charge in [0.1, 0.15) is 36.8 Å². The van der Waals surface area contributed by atoms with E-state index in [1.807, 2.05) is 13.8 Å². The van der Waals surface area contributed by atoms with E-state index >= 15 is 0 Å². The third kappa shape index (κ3) is 19.4. The number of hydrogen-bond donors (Lipinski definition) is 10. The maximum Gasteiger partial charge on any atom is 0.408 e. The lowest BCUT2D eigenvalue weighted by Gasteiger charge is -2.25. The maximum absolute atomic E-state index is 13.4. The molecule has 1 rings (SSSR count). The molecule has 0 radical (unpaired) electrons. The lowest BCUT2D eigenvalue weighted by atomic mass is 10.0. The molecule has 22 heteroatoms. The lowest BCUT2D eigenvalue weighted by Crippen LogP contribution is -2.58. The number of rotatable bonds is 23. The van der Waals surface area contributed by atoms with E-state index in [1.54, 1.807) is 35.8 Å². The molecule has 5 atom stereocenters. The fourth-order valence-electron chi connectivity index (χ4n) is 4.63. The van der Waals surface area contributed by atoms with Crippen molar-refractivity contribution in [3.63, 3.8) is 0 Å². The van der Waals surface area contributed by atoms with Crippen LogP contribution in [-0.4, -0.2) is 95.9 Å². The Morgan fingerprint density at radius 2 is 1.22 bits per heavy atom. The van der Waals surface area contributed by atoms with E-state index < -0.39 is 76.8 Å². The molecule has 1 aromatic carbocycles. The van der Waals surface area contributed by atoms with Crippen LogP contribution in [0.15, 0.2) is 40.3 Å². The van der Waals surface area contributed by atoms with E-state index in [-0.39, 0.29) is 63.7 Å². The van der Waals surface area contributed by atoms with Gasteiger partial charge in [-0.2, -0.15) is 0 Å². The number of nitrogens with two attached hydrogens (primary N) is 4. The minimum Gasteiger partial charge on any atom is -0.445 e. The maximum atomic E-state index is 13.4. The third-order valence-corrected chi connectivity index (χ3v) is 7.41. The number of aliphatic imine (C=N–C) groups is 2. The number of carbonyl (C=O) groups is 6. The number of amides is 6. The summed E-state index contributed by atoms with van der Waals surface area (Å²) in [5.74, 6) is -4.46. The number of nitrogens with one attached hydrogen (secondary N) is 6. The van der Waals surface area contributed by atoms with Crippen molar-refractivity contribution in [3.05, 3.63) is 46.0 Å². The molecule has 0 saturated carbocycles. The summed E-state index contributed by atoms with van der Waals surface area (Å²) >= 11 is 0. The molecule has 0 fully saturated rings. The first kappa shape index (κ1) is 45.8. The summed E-state index contributed by atoms with van der Waals surface area (Å²) in [7, 11) is 0. The molecule has 0 unspecified atom stereocenters. The van der Waals surface area contributed by atoms with Gasteiger partial charge < -0.3 is 54.3 Å². The van der Waals surface area contributed by atoms with Gasteiger partial charge in [0.25, 0.3) is 5.96 Å². The van der Waals surface area contributed by atoms with E-state index in [0.717, 1.165) is 5.56 Å². The van der Waals surface area contributed by atoms with Gasteiger partial charge in [0, 0.05) is 13.1 Å². The molecule has 54 heavy (non-hydrogen) atoms. The summed E-state index contributed by atoms with van der Waals surface area (Å²) < 4.78 is 5.15. The number of primary amides is 1. The van der Waals surface area contributed by atoms with Crippen LogP contribution in [0.4, 0.5) is 4.79 Å². The highest BCUT2D eigenvalue weighted by Crippen LogP contribution is 2.08. The molecule has 1 aromatic rings. The Bertz CT molecular complexity index is 1490. The SMILES string of the molecule is CC(C)C[C@H](NC(=O)[C@H](CCCN=C(N)N)NC(=O)[C@H](C)NC(=O)[C@H](CCCN=C(N)N[N+](=O)[O-])NC(=O)[C@H](C)NC(=O)OCc1ccccc1)C(N)=O. The van der Waals surface area contributed by atoms with Crippen molar-refractivity contribution in [1.29, 1.82) is 0 Å². The number of hydrazine groups is 1. The topological polar surface area (TPSA) is 356 Å². The number of alkyl carbamates (subject to hydrolysis) is 1. The van der Waals surface area contributed by atoms with Crippen molar-refractivity contribution in [1.82, 2.24) is 32.0 Å². The molecule has 22 nitrogen and oxygen atoms in total. The normalized spacial score (nSPS) is 13.8. The highest BCUT2D eigenvalue weighted by molar-refractivity contribution is 5.95. The number of hydrogen-bond acceptors (Lipinski definition) is 11. The van der Waals surface area contributed by atoms with Crippen LogP contribution in [0.25, 0.3) is 0 Å². The van der Waals surface area contributed by atoms with E-state index in [9.17, 15) is 38.9 Å². The van der Waals surface area contributed by atoms with Gasteiger partial charge in [-0.15, -0.1) is 0 Å². The molecule has 0 heterocycles. The summed E-state index contributed by atoms with van der Waals surface area (Å²) in [5, 5.41) is 22.2. The van der Waals surface area contributed by atoms with Crippen molar-refractivity contribution in [2.24, 2.45) is 38.8 Å². The second-order valence-electron chi connectivity index (χ2n) is 12.6. The van der Waals surface area contributed by atoms with Gasteiger partial charge in [-0.3, -0.25) is 29.0 Å². The molecule has 0 aliphatic carbocycles. The molecule has 6 amide bonds. The van der Waals surface area contributed by atoms with Gasteiger partial charge in [-0.25, -0.2) is 19.9 Å². The zero-order valence-electron chi connectivity index (χ0n) is 30.8. The minimum absolute atomic E-state index is 0.00970. The first-order chi connectivity index (χ1) is 25.4. The minimum atomic E-state index is -1.29. The van der Waals surface area contributed by atoms with Gasteiger partial charge in [0.05, 0.1) is 0 Å². The van der Waals surface area contributed by atoms with Crippen LogP contribution < -0.4 is 54.9 Å². The molecule has 0 spiro atoms. The zero-order chi connectivity index (χ0) is 40.8. The highest BCUT2D eigenvalue weighted by atomic mass is 16.7. The number of nitrogens with zero attached hydrogens (tertiary/aromatic N) is 3. The van der Waals surface area contributed by atoms with Gasteiger partial charge in [0.2, 0.25) is 29.5 Å². The number of benzene rings is 1. The summed E-state index contributed by atoms with van der Waals surface area (Å²) in [5.41, 5.74) is 24.1. The Balaban J connectivity index is 3.06. The zero-order valence-corrected chi connectivity index (χ0v) is 30.8. The Morgan fingerprint density at radius 3 is 1.72 bits per heavy atom. The fraction of sp³-hybridized carbons (Fsp3) is 0.562. The van der Waals surface area contributed by atoms with Crippen LogP contribution in [0.5, 0.6) is 0 Å². The van der Waals surface area contributed by atoms with Gasteiger partial charge >= 0.3 is 6.09 Å². The van der Waals surface area contributed by atoms with Crippen LogP contribution >= 0.6 is 0 Å². The molecule has 0 saturated heterocycles. The standard InChI is InChI=1S/C32H53N13O9/c1-18(2)16-24(25(33)46)43-29(50)23(12-8-14-37-30(34)35)42-26(47)19(3)39-28(49)22(13-9-15-38-31(36)44-45(52)53)41-27(48)20(4)40-32(51)54-17-21-10-6-5-7-11-21/h5-7,10-11,18-20,22-24H,8-9,12-17H2,1-4H3,(H2,33,46)(H,39,49)(H,40,51)(H,41,48)(H,42,47)(H,43,50)(H4,34,35,37)(H3,36,38,44)/t19-,20-,22-,23-,24-/m0/s1. The van der Waals surface area contributed by atoms with Crippen LogP contribution in [0.1, 0.15) is 65.4 Å². The van der Waals surface area contributed by atoms with Gasteiger partial charge in [-0.05, 0) is 57.4 Å². The van der Waals surface area contributed by atoms with Gasteiger partial charge in [-0.1, -0.05) is 49.6 Å². The molecule has 0 aromatic heterocycles. The van der Waals surface area contributed by atoms with Gasteiger partial charge in [0.15, 0.2) is 11.0 Å². The van der Waals surface area contributed by atoms with Crippen LogP contribution in [0.2, 0.25) is 0 Å². The van der Waals surface area contributed by atoms with Crippen molar-refractivity contribution < 1.29 is 38.5 Å². The Kier molecular flexibility index (Phi) is 20.4. The number of nitro groups is 1. The molecule has 14 N–H and O–H groups in total. The number of guanidine groups is 2. The second kappa shape index (κ2) is 24.1. The average molecular weight is 764 g/mol.